The third-order valence-electron chi connectivity index (χ3n) is 5.45. The van der Waals surface area contributed by atoms with E-state index in [0.717, 1.165) is 35.5 Å². The predicted octanol–water partition coefficient (Wildman–Crippen LogP) is 3.31. The summed E-state index contributed by atoms with van der Waals surface area (Å²) in [6.45, 7) is 1.16. The summed E-state index contributed by atoms with van der Waals surface area (Å²) in [6, 6.07) is 11.2. The Morgan fingerprint density at radius 2 is 1.21 bits per heavy atom. The summed E-state index contributed by atoms with van der Waals surface area (Å²) in [5.41, 5.74) is 1.66. The highest BCUT2D eigenvalue weighted by Crippen LogP contribution is 2.26. The molecule has 0 bridgehead atoms. The van der Waals surface area contributed by atoms with E-state index >= 15 is 0 Å². The molecule has 3 rings (SSSR count). The van der Waals surface area contributed by atoms with Gasteiger partial charge in [-0.25, -0.2) is 0 Å². The maximum Gasteiger partial charge on any atom is 0.120 e. The van der Waals surface area contributed by atoms with E-state index in [4.69, 9.17) is 9.47 Å². The van der Waals surface area contributed by atoms with Crippen molar-refractivity contribution in [2.24, 2.45) is 0 Å². The van der Waals surface area contributed by atoms with Crippen LogP contribution in [0.15, 0.2) is 36.4 Å². The predicted molar refractivity (Wildman–Crippen MR) is 109 cm³/mol. The molecule has 2 unspecified atom stereocenters. The van der Waals surface area contributed by atoms with Gasteiger partial charge in [0.25, 0.3) is 0 Å². The van der Waals surface area contributed by atoms with Crippen LogP contribution in [0.1, 0.15) is 36.8 Å². The molecule has 152 valence electrons. The third kappa shape index (κ3) is 5.09. The van der Waals surface area contributed by atoms with Crippen molar-refractivity contribution in [3.05, 3.63) is 47.5 Å². The molecular weight excluding hydrogens is 356 g/mol. The number of hydrogen-bond donors (Lipinski definition) is 4. The zero-order valence-corrected chi connectivity index (χ0v) is 16.6. The Hall–Kier alpha value is -2.44. The number of benzene rings is 2. The smallest absolute Gasteiger partial charge is 0.120 e. The maximum atomic E-state index is 10.1. The van der Waals surface area contributed by atoms with E-state index < -0.39 is 0 Å². The van der Waals surface area contributed by atoms with E-state index in [2.05, 4.69) is 10.6 Å². The molecule has 0 spiro atoms. The van der Waals surface area contributed by atoms with Gasteiger partial charge in [-0.15, -0.1) is 0 Å². The molecule has 0 saturated heterocycles. The minimum absolute atomic E-state index is 0.273. The maximum absolute atomic E-state index is 10.1. The second-order valence-electron chi connectivity index (χ2n) is 7.25. The van der Waals surface area contributed by atoms with Crippen LogP contribution in [-0.2, 0) is 13.1 Å². The fourth-order valence-corrected chi connectivity index (χ4v) is 3.76. The number of methoxy groups -OCH3 is 2. The number of nitrogens with one attached hydrogen (secondary N) is 2. The van der Waals surface area contributed by atoms with Crippen molar-refractivity contribution in [1.82, 2.24) is 10.6 Å². The number of ether oxygens (including phenoxy) is 2. The van der Waals surface area contributed by atoms with Gasteiger partial charge in [0.2, 0.25) is 0 Å². The average molecular weight is 386 g/mol. The highest BCUT2D eigenvalue weighted by atomic mass is 16.5. The zero-order chi connectivity index (χ0) is 19.9. The Bertz CT molecular complexity index is 716. The number of hydrogen-bond acceptors (Lipinski definition) is 6. The van der Waals surface area contributed by atoms with Crippen LogP contribution in [0.25, 0.3) is 0 Å². The van der Waals surface area contributed by atoms with Crippen molar-refractivity contribution in [2.75, 3.05) is 14.2 Å². The summed E-state index contributed by atoms with van der Waals surface area (Å²) in [4.78, 5) is 0. The quantitative estimate of drug-likeness (QED) is 0.557. The van der Waals surface area contributed by atoms with E-state index in [1.165, 1.54) is 12.8 Å². The molecule has 0 aliphatic heterocycles. The molecule has 6 heteroatoms. The highest BCUT2D eigenvalue weighted by Gasteiger charge is 2.24. The molecule has 1 aliphatic rings. The van der Waals surface area contributed by atoms with Crippen molar-refractivity contribution in [3.8, 4) is 23.0 Å². The van der Waals surface area contributed by atoms with Crippen LogP contribution in [0, 0.1) is 0 Å². The lowest BCUT2D eigenvalue weighted by atomic mass is 9.90. The van der Waals surface area contributed by atoms with Gasteiger partial charge in [0, 0.05) is 36.3 Å². The molecule has 0 aromatic heterocycles. The van der Waals surface area contributed by atoms with Crippen LogP contribution in [0.4, 0.5) is 0 Å². The standard InChI is InChI=1S/C22H30N2O4/c1-27-17-7-9-21(25)15(11-17)13-23-19-5-3-4-6-20(19)24-14-16-12-18(28-2)8-10-22(16)26/h7-12,19-20,23-26H,3-6,13-14H2,1-2H3. The Labute approximate surface area is 166 Å². The fraction of sp³-hybridized carbons (Fsp3) is 0.455. The Morgan fingerprint density at radius 1 is 0.786 bits per heavy atom. The van der Waals surface area contributed by atoms with Crippen molar-refractivity contribution >= 4 is 0 Å². The third-order valence-corrected chi connectivity index (χ3v) is 5.45. The van der Waals surface area contributed by atoms with Crippen LogP contribution in [0.2, 0.25) is 0 Å². The summed E-state index contributed by atoms with van der Waals surface area (Å²) in [7, 11) is 3.25. The molecular formula is C22H30N2O4. The van der Waals surface area contributed by atoms with Crippen LogP contribution < -0.4 is 20.1 Å². The Balaban J connectivity index is 1.61. The molecule has 2 aromatic rings. The molecule has 2 aromatic carbocycles. The molecule has 0 radical (unpaired) electrons. The molecule has 0 heterocycles. The van der Waals surface area contributed by atoms with Crippen LogP contribution in [0.3, 0.4) is 0 Å². The van der Waals surface area contributed by atoms with Crippen molar-refractivity contribution < 1.29 is 19.7 Å². The lowest BCUT2D eigenvalue weighted by molar-refractivity contribution is 0.279. The minimum atomic E-state index is 0.273. The lowest BCUT2D eigenvalue weighted by Gasteiger charge is -2.33. The van der Waals surface area contributed by atoms with E-state index in [9.17, 15) is 10.2 Å². The van der Waals surface area contributed by atoms with Gasteiger partial charge in [0.1, 0.15) is 23.0 Å². The second kappa shape index (κ2) is 9.66. The summed E-state index contributed by atoms with van der Waals surface area (Å²) >= 11 is 0. The van der Waals surface area contributed by atoms with Gasteiger partial charge in [-0.1, -0.05) is 12.8 Å². The van der Waals surface area contributed by atoms with Crippen LogP contribution in [-0.4, -0.2) is 36.5 Å². The van der Waals surface area contributed by atoms with E-state index in [1.54, 1.807) is 38.5 Å². The second-order valence-corrected chi connectivity index (χ2v) is 7.25. The van der Waals surface area contributed by atoms with Gasteiger partial charge in [0.05, 0.1) is 14.2 Å². The van der Waals surface area contributed by atoms with Crippen molar-refractivity contribution in [2.45, 2.75) is 50.9 Å². The first-order valence-electron chi connectivity index (χ1n) is 9.79. The summed E-state index contributed by atoms with van der Waals surface area (Å²) in [5.74, 6) is 2.02. The first kappa shape index (κ1) is 20.3. The number of rotatable bonds is 8. The fourth-order valence-electron chi connectivity index (χ4n) is 3.76. The summed E-state index contributed by atoms with van der Waals surface area (Å²) < 4.78 is 10.5. The first-order chi connectivity index (χ1) is 13.6. The SMILES string of the molecule is COc1ccc(O)c(CNC2CCCCC2NCc2cc(OC)ccc2O)c1. The molecule has 28 heavy (non-hydrogen) atoms. The number of phenols is 2. The molecule has 1 aliphatic carbocycles. The first-order valence-corrected chi connectivity index (χ1v) is 9.79. The minimum Gasteiger partial charge on any atom is -0.508 e. The lowest BCUT2D eigenvalue weighted by Crippen LogP contribution is -2.49. The van der Waals surface area contributed by atoms with Crippen molar-refractivity contribution in [1.29, 1.82) is 0 Å². The van der Waals surface area contributed by atoms with Crippen LogP contribution >= 0.6 is 0 Å². The van der Waals surface area contributed by atoms with Crippen LogP contribution in [0.5, 0.6) is 23.0 Å². The number of phenolic OH excluding ortho intramolecular Hbond substituents is 2. The summed E-state index contributed by atoms with van der Waals surface area (Å²) in [6.07, 6.45) is 4.52. The molecule has 2 atom stereocenters. The summed E-state index contributed by atoms with van der Waals surface area (Å²) in [5, 5.41) is 27.4. The Morgan fingerprint density at radius 3 is 1.61 bits per heavy atom. The van der Waals surface area contributed by atoms with Gasteiger partial charge >= 0.3 is 0 Å². The molecule has 4 N–H and O–H groups in total. The normalized spacial score (nSPS) is 19.4. The monoisotopic (exact) mass is 386 g/mol. The Kier molecular flexibility index (Phi) is 7.01. The molecule has 6 nitrogen and oxygen atoms in total. The van der Waals surface area contributed by atoms with Gasteiger partial charge in [-0.3, -0.25) is 0 Å². The molecule has 1 fully saturated rings. The van der Waals surface area contributed by atoms with Gasteiger partial charge in [-0.2, -0.15) is 0 Å². The van der Waals surface area contributed by atoms with Gasteiger partial charge in [-0.05, 0) is 49.2 Å². The highest BCUT2D eigenvalue weighted by molar-refractivity contribution is 5.40. The van der Waals surface area contributed by atoms with Gasteiger partial charge < -0.3 is 30.3 Å². The zero-order valence-electron chi connectivity index (χ0n) is 16.6. The number of aromatic hydroxyl groups is 2. The average Bonchev–Trinajstić information content (AvgIpc) is 2.73. The van der Waals surface area contributed by atoms with E-state index in [0.29, 0.717) is 25.2 Å². The molecule has 1 saturated carbocycles. The largest absolute Gasteiger partial charge is 0.508 e. The molecule has 0 amide bonds. The van der Waals surface area contributed by atoms with Crippen molar-refractivity contribution in [3.63, 3.8) is 0 Å². The topological polar surface area (TPSA) is 83.0 Å². The van der Waals surface area contributed by atoms with E-state index in [1.807, 2.05) is 12.1 Å². The van der Waals surface area contributed by atoms with Gasteiger partial charge in [0.15, 0.2) is 0 Å². The van der Waals surface area contributed by atoms with E-state index in [-0.39, 0.29) is 11.5 Å².